The number of ether oxygens (including phenoxy) is 2. The summed E-state index contributed by atoms with van der Waals surface area (Å²) in [5.74, 6) is -1.89. The van der Waals surface area contributed by atoms with Crippen LogP contribution in [0.25, 0.3) is 6.08 Å². The van der Waals surface area contributed by atoms with Crippen molar-refractivity contribution < 1.29 is 29.0 Å². The molecule has 8 nitrogen and oxygen atoms in total. The number of anilines is 1. The van der Waals surface area contributed by atoms with Crippen molar-refractivity contribution in [2.24, 2.45) is 0 Å². The Labute approximate surface area is 242 Å². The van der Waals surface area contributed by atoms with E-state index in [1.54, 1.807) is 12.1 Å². The summed E-state index contributed by atoms with van der Waals surface area (Å²) in [5.41, 5.74) is 1.33. The van der Waals surface area contributed by atoms with E-state index in [-0.39, 0.29) is 33.6 Å². The van der Waals surface area contributed by atoms with Crippen molar-refractivity contribution in [3.8, 4) is 11.5 Å². The number of hydrogen-bond acceptors (Lipinski definition) is 6. The molecule has 38 heavy (non-hydrogen) atoms. The summed E-state index contributed by atoms with van der Waals surface area (Å²) in [6.07, 6.45) is 1.37. The van der Waals surface area contributed by atoms with Crippen molar-refractivity contribution in [2.75, 3.05) is 11.5 Å². The standard InChI is InChI=1S/C27H20ClIN2O6S/c1-2-36-22-12-16(11-21(28)23(22)37-14-15-6-8-18(29)9-7-15)10-20-24(32)30-27(38)31(25(20)33)19-5-3-4-17(13-19)26(34)35/h3-13H,2,14H2,1H3,(H,34,35)(H,30,32,38). The van der Waals surface area contributed by atoms with Gasteiger partial charge in [-0.3, -0.25) is 19.8 Å². The van der Waals surface area contributed by atoms with Crippen LogP contribution in [0, 0.1) is 3.57 Å². The maximum Gasteiger partial charge on any atom is 0.335 e. The highest BCUT2D eigenvalue weighted by molar-refractivity contribution is 14.1. The van der Waals surface area contributed by atoms with Gasteiger partial charge in [0.25, 0.3) is 11.8 Å². The molecule has 0 spiro atoms. The van der Waals surface area contributed by atoms with Gasteiger partial charge in [-0.05, 0) is 101 Å². The number of benzene rings is 3. The van der Waals surface area contributed by atoms with Gasteiger partial charge in [-0.1, -0.05) is 29.8 Å². The Bertz CT molecular complexity index is 1470. The number of carbonyl (C=O) groups excluding carboxylic acids is 2. The second-order valence-corrected chi connectivity index (χ2v) is 10.0. The van der Waals surface area contributed by atoms with E-state index in [0.717, 1.165) is 14.0 Å². The Hall–Kier alpha value is -3.48. The molecule has 1 fully saturated rings. The number of amides is 2. The van der Waals surface area contributed by atoms with Crippen molar-refractivity contribution in [2.45, 2.75) is 13.5 Å². The monoisotopic (exact) mass is 662 g/mol. The van der Waals surface area contributed by atoms with E-state index in [1.165, 1.54) is 30.3 Å². The molecule has 11 heteroatoms. The lowest BCUT2D eigenvalue weighted by atomic mass is 10.1. The molecule has 3 aromatic rings. The minimum atomic E-state index is -1.16. The lowest BCUT2D eigenvalue weighted by Gasteiger charge is -2.29. The molecular weight excluding hydrogens is 643 g/mol. The zero-order valence-electron chi connectivity index (χ0n) is 19.9. The predicted octanol–water partition coefficient (Wildman–Crippen LogP) is 5.45. The van der Waals surface area contributed by atoms with Gasteiger partial charge >= 0.3 is 5.97 Å². The number of hydrogen-bond donors (Lipinski definition) is 2. The molecule has 0 atom stereocenters. The second-order valence-electron chi connectivity index (χ2n) is 7.99. The molecule has 194 valence electrons. The first kappa shape index (κ1) is 27.6. The van der Waals surface area contributed by atoms with E-state index in [2.05, 4.69) is 27.9 Å². The molecular formula is C27H20ClIN2O6S. The van der Waals surface area contributed by atoms with E-state index >= 15 is 0 Å². The summed E-state index contributed by atoms with van der Waals surface area (Å²) in [4.78, 5) is 38.5. The van der Waals surface area contributed by atoms with E-state index in [4.69, 9.17) is 33.3 Å². The van der Waals surface area contributed by atoms with Gasteiger partial charge in [-0.25, -0.2) is 4.79 Å². The fourth-order valence-corrected chi connectivity index (χ4v) is 4.56. The molecule has 0 bridgehead atoms. The third kappa shape index (κ3) is 6.14. The Balaban J connectivity index is 1.66. The number of carboxylic acid groups (broad SMARTS) is 1. The number of carboxylic acids is 1. The summed E-state index contributed by atoms with van der Waals surface area (Å²) < 4.78 is 12.8. The highest BCUT2D eigenvalue weighted by atomic mass is 127. The normalized spacial score (nSPS) is 14.4. The molecule has 0 unspecified atom stereocenters. The molecule has 3 aromatic carbocycles. The highest BCUT2D eigenvalue weighted by Gasteiger charge is 2.35. The quantitative estimate of drug-likeness (QED) is 0.143. The van der Waals surface area contributed by atoms with Crippen LogP contribution < -0.4 is 19.7 Å². The molecule has 1 aliphatic rings. The van der Waals surface area contributed by atoms with E-state index < -0.39 is 17.8 Å². The molecule has 2 N–H and O–H groups in total. The topological polar surface area (TPSA) is 105 Å². The number of halogens is 2. The molecule has 0 aliphatic carbocycles. The van der Waals surface area contributed by atoms with Crippen LogP contribution in [0.2, 0.25) is 5.02 Å². The second kappa shape index (κ2) is 11.9. The van der Waals surface area contributed by atoms with Crippen LogP contribution in [0.5, 0.6) is 11.5 Å². The fraction of sp³-hybridized carbons (Fsp3) is 0.111. The predicted molar refractivity (Wildman–Crippen MR) is 156 cm³/mol. The maximum absolute atomic E-state index is 13.4. The molecule has 1 aliphatic heterocycles. The van der Waals surface area contributed by atoms with E-state index in [1.807, 2.05) is 31.2 Å². The highest BCUT2D eigenvalue weighted by Crippen LogP contribution is 2.38. The smallest absolute Gasteiger partial charge is 0.335 e. The van der Waals surface area contributed by atoms with Gasteiger partial charge < -0.3 is 14.6 Å². The van der Waals surface area contributed by atoms with E-state index in [0.29, 0.717) is 23.7 Å². The first-order valence-electron chi connectivity index (χ1n) is 11.3. The van der Waals surface area contributed by atoms with Gasteiger partial charge in [0.1, 0.15) is 12.2 Å². The van der Waals surface area contributed by atoms with Crippen LogP contribution >= 0.6 is 46.4 Å². The van der Waals surface area contributed by atoms with Crippen LogP contribution in [0.3, 0.4) is 0 Å². The average molecular weight is 663 g/mol. The Morgan fingerprint density at radius 1 is 1.13 bits per heavy atom. The van der Waals surface area contributed by atoms with Crippen molar-refractivity contribution >= 4 is 81.1 Å². The molecule has 0 radical (unpaired) electrons. The zero-order chi connectivity index (χ0) is 27.4. The Morgan fingerprint density at radius 3 is 2.55 bits per heavy atom. The van der Waals surface area contributed by atoms with Crippen molar-refractivity contribution in [1.82, 2.24) is 5.32 Å². The van der Waals surface area contributed by atoms with Crippen LogP contribution in [0.15, 0.2) is 66.2 Å². The van der Waals surface area contributed by atoms with Crippen LogP contribution in [-0.2, 0) is 16.2 Å². The van der Waals surface area contributed by atoms with Gasteiger partial charge in [-0.15, -0.1) is 0 Å². The summed E-state index contributed by atoms with van der Waals surface area (Å²) in [6, 6.07) is 16.7. The Kier molecular flexibility index (Phi) is 8.65. The number of nitrogens with zero attached hydrogens (tertiary/aromatic N) is 1. The Morgan fingerprint density at radius 2 is 1.87 bits per heavy atom. The maximum atomic E-state index is 13.4. The minimum absolute atomic E-state index is 0.0329. The summed E-state index contributed by atoms with van der Waals surface area (Å²) in [5, 5.41) is 11.9. The summed E-state index contributed by atoms with van der Waals surface area (Å²) in [7, 11) is 0. The van der Waals surface area contributed by atoms with Gasteiger partial charge in [0.15, 0.2) is 16.6 Å². The molecule has 0 saturated carbocycles. The van der Waals surface area contributed by atoms with Crippen molar-refractivity contribution in [3.63, 3.8) is 0 Å². The van der Waals surface area contributed by atoms with E-state index in [9.17, 15) is 19.5 Å². The van der Waals surface area contributed by atoms with Crippen LogP contribution in [0.1, 0.15) is 28.4 Å². The minimum Gasteiger partial charge on any atom is -0.490 e. The zero-order valence-corrected chi connectivity index (χ0v) is 23.6. The number of aromatic carboxylic acids is 1. The van der Waals surface area contributed by atoms with Crippen LogP contribution in [-0.4, -0.2) is 34.6 Å². The number of thiocarbonyl (C=S) groups is 1. The lowest BCUT2D eigenvalue weighted by molar-refractivity contribution is -0.122. The molecule has 1 heterocycles. The third-order valence-electron chi connectivity index (χ3n) is 5.39. The molecule has 1 saturated heterocycles. The lowest BCUT2D eigenvalue weighted by Crippen LogP contribution is -2.54. The first-order valence-corrected chi connectivity index (χ1v) is 13.1. The first-order chi connectivity index (χ1) is 18.2. The van der Waals surface area contributed by atoms with Gasteiger partial charge in [0, 0.05) is 3.57 Å². The fourth-order valence-electron chi connectivity index (χ4n) is 3.65. The average Bonchev–Trinajstić information content (AvgIpc) is 2.87. The van der Waals surface area contributed by atoms with Gasteiger partial charge in [0.05, 0.1) is 22.9 Å². The molecule has 0 aromatic heterocycles. The van der Waals surface area contributed by atoms with Gasteiger partial charge in [-0.2, -0.15) is 0 Å². The number of rotatable bonds is 8. The molecule has 2 amide bonds. The summed E-state index contributed by atoms with van der Waals surface area (Å²) >= 11 is 14.0. The van der Waals surface area contributed by atoms with Crippen LogP contribution in [0.4, 0.5) is 5.69 Å². The largest absolute Gasteiger partial charge is 0.490 e. The third-order valence-corrected chi connectivity index (χ3v) is 6.68. The van der Waals surface area contributed by atoms with Crippen molar-refractivity contribution in [3.05, 3.63) is 91.5 Å². The number of nitrogens with one attached hydrogen (secondary N) is 1. The van der Waals surface area contributed by atoms with Gasteiger partial charge in [0.2, 0.25) is 0 Å². The van der Waals surface area contributed by atoms with Crippen molar-refractivity contribution in [1.29, 1.82) is 0 Å². The number of carbonyl (C=O) groups is 3. The molecule has 4 rings (SSSR count). The SMILES string of the molecule is CCOc1cc(C=C2C(=O)NC(=S)N(c3cccc(C(=O)O)c3)C2=O)cc(Cl)c1OCc1ccc(I)cc1. The summed E-state index contributed by atoms with van der Waals surface area (Å²) in [6.45, 7) is 2.40.